The molecule has 0 spiro atoms. The number of rotatable bonds is 6. The second-order valence-corrected chi connectivity index (χ2v) is 8.30. The second kappa shape index (κ2) is 8.17. The van der Waals surface area contributed by atoms with Gasteiger partial charge in [0.2, 0.25) is 5.91 Å². The monoisotopic (exact) mass is 432 g/mol. The largest absolute Gasteiger partial charge is 0.416 e. The first-order valence-electron chi connectivity index (χ1n) is 9.81. The zero-order valence-electron chi connectivity index (χ0n) is 17.5. The molecule has 1 heterocycles. The number of aryl methyl sites for hydroxylation is 1. The number of hydrogen-bond acceptors (Lipinski definition) is 3. The van der Waals surface area contributed by atoms with Crippen LogP contribution in [0.15, 0.2) is 42.5 Å². The number of nitrogens with one attached hydrogen (secondary N) is 1. The van der Waals surface area contributed by atoms with E-state index in [0.29, 0.717) is 16.7 Å². The number of nitrogens with zero attached hydrogens (tertiary/aromatic N) is 1. The van der Waals surface area contributed by atoms with E-state index in [-0.39, 0.29) is 19.5 Å². The van der Waals surface area contributed by atoms with Gasteiger partial charge in [-0.2, -0.15) is 13.2 Å². The van der Waals surface area contributed by atoms with Crippen LogP contribution in [-0.4, -0.2) is 35.7 Å². The summed E-state index contributed by atoms with van der Waals surface area (Å²) >= 11 is 0. The minimum absolute atomic E-state index is 0.0682. The first-order chi connectivity index (χ1) is 14.4. The lowest BCUT2D eigenvalue weighted by Crippen LogP contribution is -2.39. The molecule has 0 aromatic heterocycles. The van der Waals surface area contributed by atoms with Crippen molar-refractivity contribution in [2.75, 3.05) is 13.1 Å². The zero-order chi connectivity index (χ0) is 23.0. The molecule has 8 heteroatoms. The summed E-state index contributed by atoms with van der Waals surface area (Å²) in [7, 11) is 0. The summed E-state index contributed by atoms with van der Waals surface area (Å²) in [5, 5.41) is 2.69. The fraction of sp³-hybridized carbons (Fsp3) is 0.348. The topological polar surface area (TPSA) is 66.5 Å². The Labute approximate surface area is 178 Å². The van der Waals surface area contributed by atoms with Crippen LogP contribution < -0.4 is 5.32 Å². The van der Waals surface area contributed by atoms with Crippen molar-refractivity contribution in [2.24, 2.45) is 0 Å². The minimum atomic E-state index is -4.44. The standard InChI is InChI=1S/C23H23F3N2O3/c1-14-7-8-17-18(11-14)21(31)28(20(17)30)10-9-19(29)27-13-22(2,3)15-5-4-6-16(12-15)23(24,25)26/h4-8,11-12H,9-10,13H2,1-3H3,(H,27,29). The van der Waals surface area contributed by atoms with Gasteiger partial charge in [-0.1, -0.05) is 43.7 Å². The van der Waals surface area contributed by atoms with Crippen LogP contribution in [0.2, 0.25) is 0 Å². The van der Waals surface area contributed by atoms with Gasteiger partial charge in [0.25, 0.3) is 11.8 Å². The highest BCUT2D eigenvalue weighted by Gasteiger charge is 2.36. The Hall–Kier alpha value is -3.16. The van der Waals surface area contributed by atoms with E-state index in [2.05, 4.69) is 5.32 Å². The van der Waals surface area contributed by atoms with Crippen molar-refractivity contribution in [3.8, 4) is 0 Å². The third-order valence-electron chi connectivity index (χ3n) is 5.39. The number of alkyl halides is 3. The molecule has 0 aliphatic carbocycles. The van der Waals surface area contributed by atoms with E-state index in [1.54, 1.807) is 38.1 Å². The molecule has 1 aliphatic rings. The van der Waals surface area contributed by atoms with Gasteiger partial charge in [0.05, 0.1) is 16.7 Å². The van der Waals surface area contributed by atoms with E-state index >= 15 is 0 Å². The van der Waals surface area contributed by atoms with Crippen LogP contribution in [-0.2, 0) is 16.4 Å². The number of carbonyl (C=O) groups excluding carboxylic acids is 3. The average Bonchev–Trinajstić information content (AvgIpc) is 2.94. The molecule has 0 radical (unpaired) electrons. The summed E-state index contributed by atoms with van der Waals surface area (Å²) in [5.74, 6) is -1.26. The van der Waals surface area contributed by atoms with E-state index in [1.807, 2.05) is 6.92 Å². The van der Waals surface area contributed by atoms with E-state index in [4.69, 9.17) is 0 Å². The number of benzene rings is 2. The van der Waals surface area contributed by atoms with Crippen LogP contribution in [0.5, 0.6) is 0 Å². The molecule has 5 nitrogen and oxygen atoms in total. The molecule has 3 rings (SSSR count). The van der Waals surface area contributed by atoms with Crippen molar-refractivity contribution in [1.29, 1.82) is 0 Å². The summed E-state index contributed by atoms with van der Waals surface area (Å²) in [6.45, 7) is 5.32. The normalized spacial score (nSPS) is 14.1. The van der Waals surface area contributed by atoms with E-state index < -0.39 is 34.9 Å². The van der Waals surface area contributed by atoms with Gasteiger partial charge in [0.15, 0.2) is 0 Å². The van der Waals surface area contributed by atoms with E-state index in [9.17, 15) is 27.6 Å². The summed E-state index contributed by atoms with van der Waals surface area (Å²) in [5.41, 5.74) is 0.460. The molecule has 164 valence electrons. The first kappa shape index (κ1) is 22.5. The Bertz CT molecular complexity index is 1040. The molecule has 2 aromatic carbocycles. The maximum atomic E-state index is 13.0. The number of fused-ring (bicyclic) bond motifs is 1. The van der Waals surface area contributed by atoms with Crippen molar-refractivity contribution in [3.05, 3.63) is 70.3 Å². The Morgan fingerprint density at radius 1 is 0.968 bits per heavy atom. The first-order valence-corrected chi connectivity index (χ1v) is 9.81. The van der Waals surface area contributed by atoms with Gasteiger partial charge in [-0.3, -0.25) is 19.3 Å². The fourth-order valence-electron chi connectivity index (χ4n) is 3.45. The van der Waals surface area contributed by atoms with Crippen molar-refractivity contribution in [1.82, 2.24) is 10.2 Å². The molecule has 1 N–H and O–H groups in total. The van der Waals surface area contributed by atoms with Crippen molar-refractivity contribution >= 4 is 17.7 Å². The van der Waals surface area contributed by atoms with Crippen LogP contribution in [0.3, 0.4) is 0 Å². The Balaban J connectivity index is 1.58. The lowest BCUT2D eigenvalue weighted by atomic mass is 9.83. The second-order valence-electron chi connectivity index (χ2n) is 8.30. The predicted octanol–water partition coefficient (Wildman–Crippen LogP) is 4.09. The summed E-state index contributed by atoms with van der Waals surface area (Å²) in [4.78, 5) is 38.2. The van der Waals surface area contributed by atoms with Crippen LogP contribution >= 0.6 is 0 Å². The van der Waals surface area contributed by atoms with Crippen molar-refractivity contribution < 1.29 is 27.6 Å². The molecule has 0 bridgehead atoms. The lowest BCUT2D eigenvalue weighted by Gasteiger charge is -2.26. The third-order valence-corrected chi connectivity index (χ3v) is 5.39. The van der Waals surface area contributed by atoms with Gasteiger partial charge < -0.3 is 5.32 Å². The van der Waals surface area contributed by atoms with Crippen LogP contribution in [0.4, 0.5) is 13.2 Å². The summed E-state index contributed by atoms with van der Waals surface area (Å²) in [6, 6.07) is 9.99. The number of hydrogen-bond donors (Lipinski definition) is 1. The molecule has 0 atom stereocenters. The molecular formula is C23H23F3N2O3. The number of halogens is 3. The Morgan fingerprint density at radius 2 is 1.61 bits per heavy atom. The lowest BCUT2D eigenvalue weighted by molar-refractivity contribution is -0.137. The van der Waals surface area contributed by atoms with Gasteiger partial charge in [0.1, 0.15) is 0 Å². The van der Waals surface area contributed by atoms with Gasteiger partial charge in [0, 0.05) is 24.9 Å². The third kappa shape index (κ3) is 4.78. The van der Waals surface area contributed by atoms with Gasteiger partial charge in [-0.05, 0) is 30.7 Å². The van der Waals surface area contributed by atoms with Crippen LogP contribution in [0, 0.1) is 6.92 Å². The molecule has 0 fully saturated rings. The number of amides is 3. The van der Waals surface area contributed by atoms with Gasteiger partial charge >= 0.3 is 6.18 Å². The number of imide groups is 1. The molecule has 0 saturated heterocycles. The highest BCUT2D eigenvalue weighted by Crippen LogP contribution is 2.32. The zero-order valence-corrected chi connectivity index (χ0v) is 17.5. The highest BCUT2D eigenvalue weighted by molar-refractivity contribution is 6.21. The van der Waals surface area contributed by atoms with Crippen molar-refractivity contribution in [2.45, 2.75) is 38.8 Å². The molecular weight excluding hydrogens is 409 g/mol. The fourth-order valence-corrected chi connectivity index (χ4v) is 3.45. The van der Waals surface area contributed by atoms with Gasteiger partial charge in [-0.15, -0.1) is 0 Å². The summed E-state index contributed by atoms with van der Waals surface area (Å²) < 4.78 is 38.9. The number of carbonyl (C=O) groups is 3. The molecule has 0 saturated carbocycles. The Morgan fingerprint density at radius 3 is 2.29 bits per heavy atom. The van der Waals surface area contributed by atoms with Crippen LogP contribution in [0.25, 0.3) is 0 Å². The van der Waals surface area contributed by atoms with Crippen molar-refractivity contribution in [3.63, 3.8) is 0 Å². The maximum absolute atomic E-state index is 13.0. The quantitative estimate of drug-likeness (QED) is 0.699. The predicted molar refractivity (Wildman–Crippen MR) is 109 cm³/mol. The molecule has 0 unspecified atom stereocenters. The highest BCUT2D eigenvalue weighted by atomic mass is 19.4. The minimum Gasteiger partial charge on any atom is -0.355 e. The maximum Gasteiger partial charge on any atom is 0.416 e. The molecule has 31 heavy (non-hydrogen) atoms. The van der Waals surface area contributed by atoms with Crippen LogP contribution in [0.1, 0.15) is 57.7 Å². The van der Waals surface area contributed by atoms with Gasteiger partial charge in [-0.25, -0.2) is 0 Å². The molecule has 1 aliphatic heterocycles. The van der Waals surface area contributed by atoms with E-state index in [0.717, 1.165) is 22.6 Å². The molecule has 3 amide bonds. The smallest absolute Gasteiger partial charge is 0.355 e. The summed E-state index contributed by atoms with van der Waals surface area (Å²) in [6.07, 6.45) is -4.54. The SMILES string of the molecule is Cc1ccc2c(c1)C(=O)N(CCC(=O)NCC(C)(C)c1cccc(C(F)(F)F)c1)C2=O. The Kier molecular flexibility index (Phi) is 5.93. The van der Waals surface area contributed by atoms with E-state index in [1.165, 1.54) is 6.07 Å². The average molecular weight is 432 g/mol. The molecule has 2 aromatic rings.